The van der Waals surface area contributed by atoms with Crippen molar-refractivity contribution in [1.82, 2.24) is 0 Å². The molecule has 2 amide bonds. The van der Waals surface area contributed by atoms with E-state index in [4.69, 9.17) is 4.74 Å². The molecule has 4 rings (SSSR count). The van der Waals surface area contributed by atoms with Gasteiger partial charge >= 0.3 is 6.09 Å². The zero-order valence-corrected chi connectivity index (χ0v) is 14.6. The Labute approximate surface area is 156 Å². The van der Waals surface area contributed by atoms with Gasteiger partial charge < -0.3 is 10.1 Å². The second-order valence-corrected chi connectivity index (χ2v) is 6.17. The molecule has 3 aromatic carbocycles. The van der Waals surface area contributed by atoms with Crippen molar-refractivity contribution in [2.24, 2.45) is 0 Å². The number of benzene rings is 3. The van der Waals surface area contributed by atoms with Crippen molar-refractivity contribution in [3.8, 4) is 0 Å². The molecule has 134 valence electrons. The van der Waals surface area contributed by atoms with Gasteiger partial charge in [-0.15, -0.1) is 0 Å². The molecule has 3 aromatic rings. The van der Waals surface area contributed by atoms with Crippen LogP contribution >= 0.6 is 0 Å². The van der Waals surface area contributed by atoms with Crippen LogP contribution in [0.15, 0.2) is 72.8 Å². The fourth-order valence-corrected chi connectivity index (χ4v) is 3.16. The second-order valence-electron chi connectivity index (χ2n) is 6.17. The minimum Gasteiger partial charge on any atom is -0.447 e. The van der Waals surface area contributed by atoms with Gasteiger partial charge in [0.05, 0.1) is 17.9 Å². The summed E-state index contributed by atoms with van der Waals surface area (Å²) in [4.78, 5) is 25.8. The number of anilines is 2. The number of amides is 2. The maximum Gasteiger partial charge on any atom is 0.414 e. The van der Waals surface area contributed by atoms with Gasteiger partial charge in [-0.3, -0.25) is 9.69 Å². The second kappa shape index (κ2) is 7.33. The maximum absolute atomic E-state index is 12.4. The van der Waals surface area contributed by atoms with Gasteiger partial charge in [-0.2, -0.15) is 0 Å². The first-order chi connectivity index (χ1) is 13.2. The van der Waals surface area contributed by atoms with Crippen LogP contribution in [-0.2, 0) is 9.53 Å². The predicted octanol–water partition coefficient (Wildman–Crippen LogP) is 4.45. The molecule has 1 aliphatic heterocycles. The zero-order chi connectivity index (χ0) is 18.6. The Morgan fingerprint density at radius 1 is 1.00 bits per heavy atom. The Balaban J connectivity index is 1.55. The van der Waals surface area contributed by atoms with Gasteiger partial charge in [0.2, 0.25) is 5.91 Å². The zero-order valence-electron chi connectivity index (χ0n) is 14.6. The first-order valence-corrected chi connectivity index (χ1v) is 8.72. The highest BCUT2D eigenvalue weighted by atomic mass is 16.6. The van der Waals surface area contributed by atoms with Crippen molar-refractivity contribution in [2.45, 2.75) is 0 Å². The molecule has 0 atom stereocenters. The molecule has 0 aliphatic carbocycles. The molecule has 1 saturated heterocycles. The molecule has 0 bridgehead atoms. The third-order valence-corrected chi connectivity index (χ3v) is 4.45. The van der Waals surface area contributed by atoms with Crippen LogP contribution in [-0.4, -0.2) is 25.2 Å². The number of para-hydroxylation sites is 2. The lowest BCUT2D eigenvalue weighted by molar-refractivity contribution is -0.111. The summed E-state index contributed by atoms with van der Waals surface area (Å²) in [6.07, 6.45) is 2.90. The minimum atomic E-state index is -0.400. The third-order valence-electron chi connectivity index (χ3n) is 4.45. The molecule has 27 heavy (non-hydrogen) atoms. The molecule has 0 radical (unpaired) electrons. The Kier molecular flexibility index (Phi) is 4.58. The van der Waals surface area contributed by atoms with Gasteiger partial charge in [0.25, 0.3) is 0 Å². The summed E-state index contributed by atoms with van der Waals surface area (Å²) >= 11 is 0. The molecule has 0 unspecified atom stereocenters. The minimum absolute atomic E-state index is 0.261. The highest BCUT2D eigenvalue weighted by molar-refractivity contribution is 6.06. The lowest BCUT2D eigenvalue weighted by Gasteiger charge is -2.17. The van der Waals surface area contributed by atoms with E-state index >= 15 is 0 Å². The number of carbonyl (C=O) groups excluding carboxylic acids is 2. The number of rotatable bonds is 4. The Morgan fingerprint density at radius 3 is 2.63 bits per heavy atom. The fraction of sp³-hybridized carbons (Fsp3) is 0.0909. The van der Waals surface area contributed by atoms with Crippen molar-refractivity contribution in [2.75, 3.05) is 23.4 Å². The van der Waals surface area contributed by atoms with Gasteiger partial charge in [-0.05, 0) is 34.5 Å². The molecular weight excluding hydrogens is 340 g/mol. The molecule has 0 saturated carbocycles. The van der Waals surface area contributed by atoms with Crippen molar-refractivity contribution in [3.05, 3.63) is 78.4 Å². The highest BCUT2D eigenvalue weighted by Crippen LogP contribution is 2.28. The number of hydrogen-bond acceptors (Lipinski definition) is 3. The van der Waals surface area contributed by atoms with Crippen LogP contribution in [0.4, 0.5) is 16.2 Å². The van der Waals surface area contributed by atoms with E-state index in [9.17, 15) is 9.59 Å². The molecule has 0 spiro atoms. The van der Waals surface area contributed by atoms with Crippen LogP contribution in [0.25, 0.3) is 16.8 Å². The van der Waals surface area contributed by atoms with Gasteiger partial charge in [0, 0.05) is 6.08 Å². The van der Waals surface area contributed by atoms with E-state index in [2.05, 4.69) is 5.32 Å². The SMILES string of the molecule is O=C(/C=C/c1cccc2ccccc12)Nc1ccccc1N1CCOC1=O. The van der Waals surface area contributed by atoms with E-state index in [1.807, 2.05) is 54.6 Å². The normalized spacial score (nSPS) is 13.9. The molecular formula is C22H18N2O3. The Bertz CT molecular complexity index is 1040. The first-order valence-electron chi connectivity index (χ1n) is 8.72. The summed E-state index contributed by atoms with van der Waals surface area (Å²) in [5.41, 5.74) is 2.18. The average Bonchev–Trinajstić information content (AvgIpc) is 3.12. The Hall–Kier alpha value is -3.60. The third kappa shape index (κ3) is 3.53. The summed E-state index contributed by atoms with van der Waals surface area (Å²) in [5, 5.41) is 5.06. The van der Waals surface area contributed by atoms with Crippen LogP contribution in [0.2, 0.25) is 0 Å². The van der Waals surface area contributed by atoms with Crippen LogP contribution in [0.3, 0.4) is 0 Å². The standard InChI is InChI=1S/C22H18N2O3/c25-21(13-12-17-8-5-7-16-6-1-2-9-18(16)17)23-19-10-3-4-11-20(19)24-14-15-27-22(24)26/h1-13H,14-15H2,(H,23,25)/b13-12+. The van der Waals surface area contributed by atoms with Crippen molar-refractivity contribution in [3.63, 3.8) is 0 Å². The largest absolute Gasteiger partial charge is 0.447 e. The van der Waals surface area contributed by atoms with Crippen molar-refractivity contribution < 1.29 is 14.3 Å². The molecule has 5 nitrogen and oxygen atoms in total. The number of fused-ring (bicyclic) bond motifs is 1. The van der Waals surface area contributed by atoms with E-state index < -0.39 is 6.09 Å². The summed E-state index contributed by atoms with van der Waals surface area (Å²) in [6, 6.07) is 21.2. The van der Waals surface area contributed by atoms with Crippen molar-refractivity contribution >= 4 is 40.2 Å². The summed E-state index contributed by atoms with van der Waals surface area (Å²) in [6.45, 7) is 0.819. The predicted molar refractivity (Wildman–Crippen MR) is 107 cm³/mol. The number of ether oxygens (including phenoxy) is 1. The van der Waals surface area contributed by atoms with E-state index in [0.29, 0.717) is 24.5 Å². The molecule has 1 N–H and O–H groups in total. The van der Waals surface area contributed by atoms with Crippen LogP contribution in [0.1, 0.15) is 5.56 Å². The lowest BCUT2D eigenvalue weighted by atomic mass is 10.0. The van der Waals surface area contributed by atoms with Crippen LogP contribution in [0.5, 0.6) is 0 Å². The van der Waals surface area contributed by atoms with E-state index in [-0.39, 0.29) is 5.91 Å². The smallest absolute Gasteiger partial charge is 0.414 e. The molecule has 1 aliphatic rings. The van der Waals surface area contributed by atoms with E-state index in [1.165, 1.54) is 11.0 Å². The summed E-state index contributed by atoms with van der Waals surface area (Å²) in [7, 11) is 0. The first kappa shape index (κ1) is 16.8. The van der Waals surface area contributed by atoms with Crippen molar-refractivity contribution in [1.29, 1.82) is 0 Å². The molecule has 5 heteroatoms. The maximum atomic E-state index is 12.4. The van der Waals surface area contributed by atoms with Gasteiger partial charge in [0.15, 0.2) is 0 Å². The fourth-order valence-electron chi connectivity index (χ4n) is 3.16. The van der Waals surface area contributed by atoms with E-state index in [0.717, 1.165) is 16.3 Å². The molecule has 1 heterocycles. The van der Waals surface area contributed by atoms with Crippen LogP contribution < -0.4 is 10.2 Å². The number of carbonyl (C=O) groups is 2. The number of nitrogens with one attached hydrogen (secondary N) is 1. The van der Waals surface area contributed by atoms with Gasteiger partial charge in [-0.1, -0.05) is 54.6 Å². The summed E-state index contributed by atoms with van der Waals surface area (Å²) in [5.74, 6) is -0.261. The quantitative estimate of drug-likeness (QED) is 0.701. The number of hydrogen-bond donors (Lipinski definition) is 1. The average molecular weight is 358 g/mol. The van der Waals surface area contributed by atoms with Gasteiger partial charge in [-0.25, -0.2) is 4.79 Å². The molecule has 1 fully saturated rings. The van der Waals surface area contributed by atoms with E-state index in [1.54, 1.807) is 18.2 Å². The highest BCUT2D eigenvalue weighted by Gasteiger charge is 2.25. The van der Waals surface area contributed by atoms with Gasteiger partial charge in [0.1, 0.15) is 6.61 Å². The number of cyclic esters (lactones) is 1. The summed E-state index contributed by atoms with van der Waals surface area (Å²) < 4.78 is 4.99. The number of nitrogens with zero attached hydrogens (tertiary/aromatic N) is 1. The monoisotopic (exact) mass is 358 g/mol. The Morgan fingerprint density at radius 2 is 1.78 bits per heavy atom. The lowest BCUT2D eigenvalue weighted by Crippen LogP contribution is -2.25. The topological polar surface area (TPSA) is 58.6 Å². The van der Waals surface area contributed by atoms with Crippen LogP contribution in [0, 0.1) is 0 Å². The molecule has 0 aromatic heterocycles.